The highest BCUT2D eigenvalue weighted by Gasteiger charge is 2.36. The number of ketones is 1. The zero-order valence-corrected chi connectivity index (χ0v) is 16.0. The van der Waals surface area contributed by atoms with Crippen LogP contribution >= 0.6 is 12.6 Å². The number of carbonyl (C=O) groups excluding carboxylic acids is 1. The average molecular weight is 372 g/mol. The number of hydrogen-bond donors (Lipinski definition) is 3. The Balaban J connectivity index is 2.41. The molecule has 1 unspecified atom stereocenters. The molecule has 0 aliphatic carbocycles. The fraction of sp³-hybridized carbons (Fsp3) is 0.333. The van der Waals surface area contributed by atoms with E-state index >= 15 is 0 Å². The molecule has 0 bridgehead atoms. The molecule has 2 aromatic rings. The van der Waals surface area contributed by atoms with E-state index in [9.17, 15) is 14.7 Å². The Morgan fingerprint density at radius 1 is 1.12 bits per heavy atom. The first-order chi connectivity index (χ1) is 12.4. The van der Waals surface area contributed by atoms with Crippen LogP contribution in [0.3, 0.4) is 0 Å². The van der Waals surface area contributed by atoms with Gasteiger partial charge in [0.2, 0.25) is 0 Å². The Morgan fingerprint density at radius 2 is 1.73 bits per heavy atom. The van der Waals surface area contributed by atoms with E-state index in [1.807, 2.05) is 55.5 Å². The molecule has 2 atom stereocenters. The van der Waals surface area contributed by atoms with Crippen LogP contribution < -0.4 is 5.32 Å². The third-order valence-electron chi connectivity index (χ3n) is 4.67. The monoisotopic (exact) mass is 371 g/mol. The molecule has 2 rings (SSSR count). The number of carboxylic acids is 1. The molecule has 0 aromatic heterocycles. The Bertz CT molecular complexity index is 763. The van der Waals surface area contributed by atoms with Gasteiger partial charge < -0.3 is 5.11 Å². The van der Waals surface area contributed by atoms with Crippen LogP contribution in [0, 0.1) is 0 Å². The number of nitrogens with one attached hydrogen (secondary N) is 1. The zero-order chi connectivity index (χ0) is 19.2. The Kier molecular flexibility index (Phi) is 7.00. The standard InChI is InChI=1S/C21H25NO3S/c1-3-21(2,22-18(13-14-26)20(24)25)19(23)17-12-8-7-11-16(17)15-9-5-4-6-10-15/h4-12,18,22,26H,3,13-14H2,1-2H3,(H,24,25)/t18-,21?/m0/s1. The van der Waals surface area contributed by atoms with Gasteiger partial charge in [-0.3, -0.25) is 14.9 Å². The SMILES string of the molecule is CCC(C)(N[C@@H](CCS)C(=O)O)C(=O)c1ccccc1-c1ccccc1. The molecule has 0 fully saturated rings. The topological polar surface area (TPSA) is 66.4 Å². The maximum atomic E-state index is 13.4. The first-order valence-electron chi connectivity index (χ1n) is 8.73. The third kappa shape index (κ3) is 4.54. The van der Waals surface area contributed by atoms with E-state index in [4.69, 9.17) is 0 Å². The Hall–Kier alpha value is -2.11. The normalized spacial score (nSPS) is 14.4. The molecule has 138 valence electrons. The fourth-order valence-electron chi connectivity index (χ4n) is 2.95. The van der Waals surface area contributed by atoms with Crippen molar-refractivity contribution >= 4 is 24.4 Å². The van der Waals surface area contributed by atoms with Gasteiger partial charge in [-0.05, 0) is 36.6 Å². The molecule has 0 aliphatic rings. The Morgan fingerprint density at radius 3 is 2.31 bits per heavy atom. The average Bonchev–Trinajstić information content (AvgIpc) is 2.67. The number of rotatable bonds is 9. The highest BCUT2D eigenvalue weighted by molar-refractivity contribution is 7.80. The molecule has 0 spiro atoms. The van der Waals surface area contributed by atoms with Crippen molar-refractivity contribution in [2.45, 2.75) is 38.3 Å². The van der Waals surface area contributed by atoms with E-state index in [1.54, 1.807) is 13.0 Å². The van der Waals surface area contributed by atoms with Crippen LogP contribution in [-0.2, 0) is 4.79 Å². The van der Waals surface area contributed by atoms with Crippen LogP contribution in [0.5, 0.6) is 0 Å². The van der Waals surface area contributed by atoms with Crippen molar-refractivity contribution in [3.63, 3.8) is 0 Å². The molecule has 0 saturated carbocycles. The number of Topliss-reactive ketones (excluding diaryl/α,β-unsaturated/α-hetero) is 1. The van der Waals surface area contributed by atoms with Crippen molar-refractivity contribution in [2.24, 2.45) is 0 Å². The van der Waals surface area contributed by atoms with Gasteiger partial charge in [-0.1, -0.05) is 61.5 Å². The minimum Gasteiger partial charge on any atom is -0.480 e. The molecular weight excluding hydrogens is 346 g/mol. The van der Waals surface area contributed by atoms with Crippen molar-refractivity contribution in [1.82, 2.24) is 5.32 Å². The first kappa shape index (κ1) is 20.2. The van der Waals surface area contributed by atoms with Crippen LogP contribution in [0.25, 0.3) is 11.1 Å². The number of hydrogen-bond acceptors (Lipinski definition) is 4. The molecular formula is C21H25NO3S. The summed E-state index contributed by atoms with van der Waals surface area (Å²) in [4.78, 5) is 24.9. The smallest absolute Gasteiger partial charge is 0.320 e. The number of aliphatic carboxylic acids is 1. The highest BCUT2D eigenvalue weighted by Crippen LogP contribution is 2.28. The molecule has 2 aromatic carbocycles. The summed E-state index contributed by atoms with van der Waals surface area (Å²) in [7, 11) is 0. The minimum atomic E-state index is -0.975. The van der Waals surface area contributed by atoms with E-state index in [0.29, 0.717) is 24.2 Å². The maximum Gasteiger partial charge on any atom is 0.320 e. The zero-order valence-electron chi connectivity index (χ0n) is 15.1. The molecule has 0 amide bonds. The van der Waals surface area contributed by atoms with Crippen molar-refractivity contribution in [3.8, 4) is 11.1 Å². The van der Waals surface area contributed by atoms with Gasteiger partial charge in [-0.15, -0.1) is 0 Å². The molecule has 26 heavy (non-hydrogen) atoms. The number of thiol groups is 1. The maximum absolute atomic E-state index is 13.4. The van der Waals surface area contributed by atoms with E-state index in [-0.39, 0.29) is 5.78 Å². The second-order valence-electron chi connectivity index (χ2n) is 6.47. The molecule has 0 aliphatic heterocycles. The van der Waals surface area contributed by atoms with Gasteiger partial charge >= 0.3 is 5.97 Å². The lowest BCUT2D eigenvalue weighted by atomic mass is 9.84. The lowest BCUT2D eigenvalue weighted by Gasteiger charge is -2.32. The predicted molar refractivity (Wildman–Crippen MR) is 108 cm³/mol. The molecule has 4 nitrogen and oxygen atoms in total. The van der Waals surface area contributed by atoms with Gasteiger partial charge in [0.15, 0.2) is 5.78 Å². The molecule has 0 heterocycles. The largest absolute Gasteiger partial charge is 0.480 e. The van der Waals surface area contributed by atoms with Crippen LogP contribution in [0.2, 0.25) is 0 Å². The van der Waals surface area contributed by atoms with Crippen LogP contribution in [-0.4, -0.2) is 34.2 Å². The van der Waals surface area contributed by atoms with Gasteiger partial charge in [0, 0.05) is 5.56 Å². The summed E-state index contributed by atoms with van der Waals surface area (Å²) in [6.45, 7) is 3.65. The third-order valence-corrected chi connectivity index (χ3v) is 4.93. The number of carboxylic acid groups (broad SMARTS) is 1. The van der Waals surface area contributed by atoms with Crippen LogP contribution in [0.4, 0.5) is 0 Å². The summed E-state index contributed by atoms with van der Waals surface area (Å²) in [5.74, 6) is -0.647. The van der Waals surface area contributed by atoms with E-state index < -0.39 is 17.6 Å². The number of carbonyl (C=O) groups is 2. The first-order valence-corrected chi connectivity index (χ1v) is 9.36. The van der Waals surface area contributed by atoms with Crippen molar-refractivity contribution in [1.29, 1.82) is 0 Å². The van der Waals surface area contributed by atoms with E-state index in [0.717, 1.165) is 11.1 Å². The highest BCUT2D eigenvalue weighted by atomic mass is 32.1. The van der Waals surface area contributed by atoms with Gasteiger partial charge in [0.1, 0.15) is 6.04 Å². The van der Waals surface area contributed by atoms with Gasteiger partial charge in [-0.2, -0.15) is 12.6 Å². The predicted octanol–water partition coefficient (Wildman–Crippen LogP) is 4.07. The summed E-state index contributed by atoms with van der Waals surface area (Å²) in [5.41, 5.74) is 1.42. The molecule has 5 heteroatoms. The van der Waals surface area contributed by atoms with E-state index in [1.165, 1.54) is 0 Å². The fourth-order valence-corrected chi connectivity index (χ4v) is 3.21. The summed E-state index contributed by atoms with van der Waals surface area (Å²) in [5, 5.41) is 12.5. The van der Waals surface area contributed by atoms with Crippen molar-refractivity contribution < 1.29 is 14.7 Å². The van der Waals surface area contributed by atoms with Gasteiger partial charge in [0.05, 0.1) is 5.54 Å². The summed E-state index contributed by atoms with van der Waals surface area (Å²) in [6.07, 6.45) is 0.826. The van der Waals surface area contributed by atoms with Gasteiger partial charge in [0.25, 0.3) is 0 Å². The van der Waals surface area contributed by atoms with E-state index in [2.05, 4.69) is 17.9 Å². The minimum absolute atomic E-state index is 0.107. The molecule has 0 radical (unpaired) electrons. The molecule has 2 N–H and O–H groups in total. The second kappa shape index (κ2) is 9.01. The lowest BCUT2D eigenvalue weighted by molar-refractivity contribution is -0.140. The summed E-state index contributed by atoms with van der Waals surface area (Å²) < 4.78 is 0. The van der Waals surface area contributed by atoms with Crippen LogP contribution in [0.1, 0.15) is 37.0 Å². The Labute approximate surface area is 160 Å². The van der Waals surface area contributed by atoms with Gasteiger partial charge in [-0.25, -0.2) is 0 Å². The summed E-state index contributed by atoms with van der Waals surface area (Å²) >= 11 is 4.13. The lowest BCUT2D eigenvalue weighted by Crippen LogP contribution is -2.56. The van der Waals surface area contributed by atoms with Crippen molar-refractivity contribution in [3.05, 3.63) is 60.2 Å². The second-order valence-corrected chi connectivity index (χ2v) is 6.92. The van der Waals surface area contributed by atoms with Crippen molar-refractivity contribution in [2.75, 3.05) is 5.75 Å². The summed E-state index contributed by atoms with van der Waals surface area (Å²) in [6, 6.07) is 16.4. The quantitative estimate of drug-likeness (QED) is 0.459. The molecule has 0 saturated heterocycles. The van der Waals surface area contributed by atoms with Crippen LogP contribution in [0.15, 0.2) is 54.6 Å². The number of benzene rings is 2.